The van der Waals surface area contributed by atoms with Gasteiger partial charge in [-0.15, -0.1) is 0 Å². The van der Waals surface area contributed by atoms with Crippen LogP contribution < -0.4 is 15.4 Å². The van der Waals surface area contributed by atoms with Crippen LogP contribution in [0.15, 0.2) is 29.3 Å². The number of rotatable bonds is 8. The highest BCUT2D eigenvalue weighted by Crippen LogP contribution is 2.27. The maximum absolute atomic E-state index is 5.87. The molecule has 0 aliphatic carbocycles. The van der Waals surface area contributed by atoms with E-state index >= 15 is 0 Å². The van der Waals surface area contributed by atoms with Crippen molar-refractivity contribution in [3.05, 3.63) is 29.8 Å². The van der Waals surface area contributed by atoms with Crippen LogP contribution in [-0.4, -0.2) is 88.4 Å². The lowest BCUT2D eigenvalue weighted by Crippen LogP contribution is -2.48. The number of nitrogens with zero attached hydrogens (tertiary/aromatic N) is 3. The van der Waals surface area contributed by atoms with Crippen molar-refractivity contribution in [3.63, 3.8) is 0 Å². The van der Waals surface area contributed by atoms with Crippen molar-refractivity contribution in [2.24, 2.45) is 4.99 Å². The number of morpholine rings is 1. The van der Waals surface area contributed by atoms with Crippen molar-refractivity contribution < 1.29 is 9.47 Å². The van der Waals surface area contributed by atoms with Crippen LogP contribution in [0, 0.1) is 0 Å². The fourth-order valence-corrected chi connectivity index (χ4v) is 4.05. The molecule has 0 saturated carbocycles. The van der Waals surface area contributed by atoms with Crippen LogP contribution in [0.1, 0.15) is 31.4 Å². The Morgan fingerprint density at radius 1 is 1.28 bits per heavy atom. The average Bonchev–Trinajstić information content (AvgIpc) is 3.27. The summed E-state index contributed by atoms with van der Waals surface area (Å²) >= 11 is 0. The van der Waals surface area contributed by atoms with E-state index in [9.17, 15) is 0 Å². The minimum atomic E-state index is 0.199. The van der Waals surface area contributed by atoms with Crippen molar-refractivity contribution in [2.75, 3.05) is 66.6 Å². The molecule has 29 heavy (non-hydrogen) atoms. The molecular weight excluding hydrogens is 366 g/mol. The topological polar surface area (TPSA) is 61.4 Å². The molecule has 2 N–H and O–H groups in total. The molecule has 2 aliphatic rings. The number of likely N-dealkylation sites (tertiary alicyclic amines) is 1. The van der Waals surface area contributed by atoms with Gasteiger partial charge in [-0.2, -0.15) is 0 Å². The quantitative estimate of drug-likeness (QED) is 0.509. The number of aliphatic imine (C=N–C) groups is 1. The fourth-order valence-electron chi connectivity index (χ4n) is 4.05. The predicted molar refractivity (Wildman–Crippen MR) is 118 cm³/mol. The highest BCUT2D eigenvalue weighted by molar-refractivity contribution is 5.79. The molecule has 0 spiro atoms. The normalized spacial score (nSPS) is 22.4. The Kier molecular flexibility index (Phi) is 8.58. The number of methoxy groups -OCH3 is 1. The first-order chi connectivity index (χ1) is 14.2. The maximum Gasteiger partial charge on any atom is 0.191 e. The first kappa shape index (κ1) is 21.9. The summed E-state index contributed by atoms with van der Waals surface area (Å²) in [5.74, 6) is 1.76. The van der Waals surface area contributed by atoms with E-state index in [1.54, 1.807) is 7.11 Å². The van der Waals surface area contributed by atoms with E-state index in [0.717, 1.165) is 57.6 Å². The van der Waals surface area contributed by atoms with Crippen LogP contribution in [0.4, 0.5) is 0 Å². The van der Waals surface area contributed by atoms with Crippen LogP contribution in [-0.2, 0) is 4.74 Å². The Morgan fingerprint density at radius 2 is 2.10 bits per heavy atom. The first-order valence-corrected chi connectivity index (χ1v) is 10.9. The Balaban J connectivity index is 1.67. The molecule has 2 fully saturated rings. The van der Waals surface area contributed by atoms with Gasteiger partial charge in [-0.05, 0) is 57.6 Å². The average molecular weight is 404 g/mol. The number of hydrogen-bond acceptors (Lipinski definition) is 5. The van der Waals surface area contributed by atoms with Crippen molar-refractivity contribution >= 4 is 5.96 Å². The lowest BCUT2D eigenvalue weighted by Gasteiger charge is -2.30. The van der Waals surface area contributed by atoms with Gasteiger partial charge >= 0.3 is 0 Å². The standard InChI is InChI=1S/C22H37N5O2/c1-4-23-22(24-15-20-17-26(2)12-13-29-20)25-16-21(27-10-5-6-11-27)18-8-7-9-19(14-18)28-3/h7-9,14,20-21H,4-6,10-13,15-17H2,1-3H3,(H2,23,24,25). The van der Waals surface area contributed by atoms with Crippen LogP contribution in [0.5, 0.6) is 5.75 Å². The Hall–Kier alpha value is -1.83. The summed E-state index contributed by atoms with van der Waals surface area (Å²) in [5, 5.41) is 6.85. The third kappa shape index (κ3) is 6.59. The molecule has 0 radical (unpaired) electrons. The summed E-state index contributed by atoms with van der Waals surface area (Å²) in [7, 11) is 3.86. The lowest BCUT2D eigenvalue weighted by atomic mass is 10.1. The van der Waals surface area contributed by atoms with Crippen molar-refractivity contribution in [1.82, 2.24) is 20.4 Å². The Bertz CT molecular complexity index is 648. The van der Waals surface area contributed by atoms with Crippen LogP contribution in [0.2, 0.25) is 0 Å². The van der Waals surface area contributed by atoms with Gasteiger partial charge in [-0.25, -0.2) is 0 Å². The first-order valence-electron chi connectivity index (χ1n) is 10.9. The number of benzene rings is 1. The van der Waals surface area contributed by atoms with Gasteiger partial charge in [0.2, 0.25) is 0 Å². The third-order valence-corrected chi connectivity index (χ3v) is 5.67. The van der Waals surface area contributed by atoms with Gasteiger partial charge in [0.15, 0.2) is 5.96 Å². The zero-order chi connectivity index (χ0) is 20.5. The maximum atomic E-state index is 5.87. The van der Waals surface area contributed by atoms with Gasteiger partial charge in [0.05, 0.1) is 32.4 Å². The molecule has 2 unspecified atom stereocenters. The second-order valence-corrected chi connectivity index (χ2v) is 7.89. The lowest BCUT2D eigenvalue weighted by molar-refractivity contribution is -0.0161. The Labute approximate surface area is 175 Å². The smallest absolute Gasteiger partial charge is 0.191 e. The molecule has 2 saturated heterocycles. The predicted octanol–water partition coefficient (Wildman–Crippen LogP) is 1.72. The zero-order valence-electron chi connectivity index (χ0n) is 18.2. The summed E-state index contributed by atoms with van der Waals surface area (Å²) in [6.07, 6.45) is 2.72. The molecule has 1 aromatic carbocycles. The molecule has 2 atom stereocenters. The summed E-state index contributed by atoms with van der Waals surface area (Å²) in [4.78, 5) is 9.79. The molecule has 3 rings (SSSR count). The summed E-state index contributed by atoms with van der Waals surface area (Å²) < 4.78 is 11.3. The van der Waals surface area contributed by atoms with Gasteiger partial charge in [0.25, 0.3) is 0 Å². The monoisotopic (exact) mass is 403 g/mol. The van der Waals surface area contributed by atoms with Crippen LogP contribution in [0.25, 0.3) is 0 Å². The number of ether oxygens (including phenoxy) is 2. The molecular formula is C22H37N5O2. The van der Waals surface area contributed by atoms with Crippen molar-refractivity contribution in [1.29, 1.82) is 0 Å². The van der Waals surface area contributed by atoms with Crippen molar-refractivity contribution in [2.45, 2.75) is 31.9 Å². The largest absolute Gasteiger partial charge is 0.497 e. The third-order valence-electron chi connectivity index (χ3n) is 5.67. The number of likely N-dealkylation sites (N-methyl/N-ethyl adjacent to an activating group) is 1. The molecule has 0 amide bonds. The van der Waals surface area contributed by atoms with E-state index in [-0.39, 0.29) is 12.1 Å². The van der Waals surface area contributed by atoms with E-state index < -0.39 is 0 Å². The summed E-state index contributed by atoms with van der Waals surface area (Å²) in [6.45, 7) is 9.43. The van der Waals surface area contributed by atoms with E-state index in [1.807, 2.05) is 6.07 Å². The minimum absolute atomic E-state index is 0.199. The number of nitrogens with one attached hydrogen (secondary N) is 2. The second kappa shape index (κ2) is 11.4. The van der Waals surface area contributed by atoms with Crippen LogP contribution >= 0.6 is 0 Å². The van der Waals surface area contributed by atoms with E-state index in [4.69, 9.17) is 14.5 Å². The molecule has 7 nitrogen and oxygen atoms in total. The Morgan fingerprint density at radius 3 is 2.83 bits per heavy atom. The van der Waals surface area contributed by atoms with Crippen LogP contribution in [0.3, 0.4) is 0 Å². The van der Waals surface area contributed by atoms with Gasteiger partial charge in [0.1, 0.15) is 5.75 Å². The molecule has 0 aromatic heterocycles. The minimum Gasteiger partial charge on any atom is -0.497 e. The highest BCUT2D eigenvalue weighted by Gasteiger charge is 2.24. The van der Waals surface area contributed by atoms with Gasteiger partial charge in [-0.1, -0.05) is 12.1 Å². The fraction of sp³-hybridized carbons (Fsp3) is 0.682. The molecule has 7 heteroatoms. The highest BCUT2D eigenvalue weighted by atomic mass is 16.5. The second-order valence-electron chi connectivity index (χ2n) is 7.89. The molecule has 0 bridgehead atoms. The molecule has 2 heterocycles. The summed E-state index contributed by atoms with van der Waals surface area (Å²) in [6, 6.07) is 8.67. The van der Waals surface area contributed by atoms with E-state index in [1.165, 1.54) is 18.4 Å². The van der Waals surface area contributed by atoms with E-state index in [0.29, 0.717) is 6.54 Å². The molecule has 2 aliphatic heterocycles. The van der Waals surface area contributed by atoms with E-state index in [2.05, 4.69) is 52.6 Å². The SMILES string of the molecule is CCNC(=NCC(c1cccc(OC)c1)N1CCCC1)NCC1CN(C)CCO1. The van der Waals surface area contributed by atoms with Gasteiger partial charge < -0.3 is 25.0 Å². The van der Waals surface area contributed by atoms with Crippen molar-refractivity contribution in [3.8, 4) is 5.75 Å². The van der Waals surface area contributed by atoms with Gasteiger partial charge in [-0.3, -0.25) is 9.89 Å². The molecule has 162 valence electrons. The zero-order valence-corrected chi connectivity index (χ0v) is 18.2. The molecule has 1 aromatic rings. The summed E-state index contributed by atoms with van der Waals surface area (Å²) in [5.41, 5.74) is 1.27. The van der Waals surface area contributed by atoms with Gasteiger partial charge in [0, 0.05) is 26.2 Å². The number of hydrogen-bond donors (Lipinski definition) is 2. The number of guanidine groups is 1.